The molecule has 2 heterocycles. The average Bonchev–Trinajstić information content (AvgIpc) is 3.13. The number of hydrogen-bond donors (Lipinski definition) is 1. The summed E-state index contributed by atoms with van der Waals surface area (Å²) in [6.07, 6.45) is 4.88. The second-order valence-corrected chi connectivity index (χ2v) is 9.59. The van der Waals surface area contributed by atoms with E-state index in [0.717, 1.165) is 38.6 Å². The van der Waals surface area contributed by atoms with Crippen LogP contribution in [0.25, 0.3) is 0 Å². The van der Waals surface area contributed by atoms with Gasteiger partial charge in [-0.1, -0.05) is 24.3 Å². The van der Waals surface area contributed by atoms with E-state index in [1.807, 2.05) is 26.8 Å². The number of carbonyl (C=O) groups is 2. The van der Waals surface area contributed by atoms with Crippen LogP contribution in [0.1, 0.15) is 63.6 Å². The van der Waals surface area contributed by atoms with Crippen LogP contribution in [0, 0.1) is 0 Å². The van der Waals surface area contributed by atoms with Crippen molar-refractivity contribution in [3.63, 3.8) is 0 Å². The third kappa shape index (κ3) is 4.42. The smallest absolute Gasteiger partial charge is 0.411 e. The fourth-order valence-electron chi connectivity index (χ4n) is 4.94. The van der Waals surface area contributed by atoms with Crippen LogP contribution in [0.4, 0.5) is 4.79 Å². The van der Waals surface area contributed by atoms with E-state index in [1.54, 1.807) is 4.90 Å². The Bertz CT molecular complexity index is 773. The Morgan fingerprint density at radius 2 is 1.90 bits per heavy atom. The molecule has 2 amide bonds. The minimum absolute atomic E-state index is 0.0178. The molecule has 158 valence electrons. The van der Waals surface area contributed by atoms with Crippen molar-refractivity contribution in [2.45, 2.75) is 76.6 Å². The number of benzene rings is 1. The number of carbonyl (C=O) groups excluding carboxylic acids is 2. The van der Waals surface area contributed by atoms with E-state index in [0.29, 0.717) is 19.1 Å². The highest BCUT2D eigenvalue weighted by molar-refractivity contribution is 5.86. The fraction of sp³-hybridized carbons (Fsp3) is 0.652. The van der Waals surface area contributed by atoms with E-state index in [9.17, 15) is 9.59 Å². The minimum Gasteiger partial charge on any atom is -0.444 e. The molecule has 1 N–H and O–H groups in total. The molecule has 6 nitrogen and oxygen atoms in total. The second-order valence-electron chi connectivity index (χ2n) is 9.59. The van der Waals surface area contributed by atoms with E-state index in [1.165, 1.54) is 11.1 Å². The number of aryl methyl sites for hydroxylation is 1. The van der Waals surface area contributed by atoms with Gasteiger partial charge in [-0.15, -0.1) is 0 Å². The molecule has 6 heteroatoms. The summed E-state index contributed by atoms with van der Waals surface area (Å²) >= 11 is 0. The molecule has 1 aromatic carbocycles. The predicted molar refractivity (Wildman–Crippen MR) is 112 cm³/mol. The van der Waals surface area contributed by atoms with Gasteiger partial charge in [-0.3, -0.25) is 14.6 Å². The molecule has 0 unspecified atom stereocenters. The molecule has 29 heavy (non-hydrogen) atoms. The van der Waals surface area contributed by atoms with Crippen LogP contribution in [0.2, 0.25) is 0 Å². The number of hydrogen-bond acceptors (Lipinski definition) is 4. The van der Waals surface area contributed by atoms with Crippen molar-refractivity contribution >= 4 is 12.0 Å². The molecular weight excluding hydrogens is 366 g/mol. The van der Waals surface area contributed by atoms with Crippen LogP contribution in [-0.4, -0.2) is 59.1 Å². The van der Waals surface area contributed by atoms with Crippen LogP contribution < -0.4 is 5.32 Å². The largest absolute Gasteiger partial charge is 0.444 e. The van der Waals surface area contributed by atoms with Gasteiger partial charge >= 0.3 is 6.09 Å². The predicted octanol–water partition coefficient (Wildman–Crippen LogP) is 3.26. The maximum atomic E-state index is 13.4. The highest BCUT2D eigenvalue weighted by atomic mass is 16.6. The van der Waals surface area contributed by atoms with E-state index in [4.69, 9.17) is 4.74 Å². The van der Waals surface area contributed by atoms with Crippen molar-refractivity contribution in [2.24, 2.45) is 0 Å². The van der Waals surface area contributed by atoms with Crippen molar-refractivity contribution in [3.8, 4) is 0 Å². The van der Waals surface area contributed by atoms with Crippen LogP contribution in [-0.2, 0) is 16.0 Å². The molecule has 1 aliphatic carbocycles. The van der Waals surface area contributed by atoms with E-state index in [-0.39, 0.29) is 18.0 Å². The number of rotatable bonds is 2. The Morgan fingerprint density at radius 3 is 2.69 bits per heavy atom. The lowest BCUT2D eigenvalue weighted by Crippen LogP contribution is -2.63. The van der Waals surface area contributed by atoms with E-state index < -0.39 is 11.6 Å². The molecule has 2 saturated heterocycles. The van der Waals surface area contributed by atoms with Crippen molar-refractivity contribution < 1.29 is 14.3 Å². The maximum absolute atomic E-state index is 13.4. The zero-order chi connectivity index (χ0) is 20.6. The van der Waals surface area contributed by atoms with Gasteiger partial charge in [-0.25, -0.2) is 4.79 Å². The lowest BCUT2D eigenvalue weighted by molar-refractivity contribution is -0.130. The van der Waals surface area contributed by atoms with E-state index in [2.05, 4.69) is 28.4 Å². The molecule has 2 fully saturated rings. The third-order valence-corrected chi connectivity index (χ3v) is 6.31. The van der Waals surface area contributed by atoms with Crippen LogP contribution in [0.5, 0.6) is 0 Å². The molecule has 0 aromatic heterocycles. The van der Waals surface area contributed by atoms with Gasteiger partial charge < -0.3 is 10.1 Å². The molecule has 2 aliphatic heterocycles. The zero-order valence-electron chi connectivity index (χ0n) is 17.8. The minimum atomic E-state index is -0.576. The molecule has 0 bridgehead atoms. The number of nitrogens with one attached hydrogen (secondary N) is 1. The third-order valence-electron chi connectivity index (χ3n) is 6.31. The Hall–Kier alpha value is -2.08. The van der Waals surface area contributed by atoms with Gasteiger partial charge in [-0.05, 0) is 70.5 Å². The van der Waals surface area contributed by atoms with Crippen LogP contribution in [0.15, 0.2) is 24.3 Å². The van der Waals surface area contributed by atoms with Gasteiger partial charge in [0.1, 0.15) is 11.6 Å². The van der Waals surface area contributed by atoms with Crippen molar-refractivity contribution in [2.75, 3.05) is 19.6 Å². The number of fused-ring (bicyclic) bond motifs is 2. The summed E-state index contributed by atoms with van der Waals surface area (Å²) in [5.74, 6) is -0.0667. The van der Waals surface area contributed by atoms with Gasteiger partial charge in [0.2, 0.25) is 5.91 Å². The Morgan fingerprint density at radius 1 is 1.10 bits per heavy atom. The van der Waals surface area contributed by atoms with Crippen LogP contribution >= 0.6 is 0 Å². The van der Waals surface area contributed by atoms with Gasteiger partial charge in [0.15, 0.2) is 0 Å². The standard InChI is InChI=1S/C23H33N3O3/c1-23(2,3)29-22(28)26-14-17-10-7-13-25(17)15-20(26)21(27)24-19-12-6-9-16-8-4-5-11-18(16)19/h4-5,8,11,17,19-20H,6-7,9-10,12-15H2,1-3H3,(H,24,27)/t17-,19-,20+/m1/s1. The summed E-state index contributed by atoms with van der Waals surface area (Å²) in [5, 5.41) is 3.26. The Kier molecular flexibility index (Phi) is 5.56. The molecule has 3 atom stereocenters. The van der Waals surface area contributed by atoms with Gasteiger partial charge in [-0.2, -0.15) is 0 Å². The summed E-state index contributed by atoms with van der Waals surface area (Å²) in [4.78, 5) is 30.3. The first-order valence-corrected chi connectivity index (χ1v) is 10.9. The van der Waals surface area contributed by atoms with Crippen molar-refractivity contribution in [1.82, 2.24) is 15.1 Å². The number of amides is 2. The number of ether oxygens (including phenoxy) is 1. The van der Waals surface area contributed by atoms with Crippen LogP contribution in [0.3, 0.4) is 0 Å². The first-order chi connectivity index (χ1) is 13.8. The summed E-state index contributed by atoms with van der Waals surface area (Å²) in [6.45, 7) is 7.75. The Balaban J connectivity index is 1.52. The maximum Gasteiger partial charge on any atom is 0.411 e. The Labute approximate surface area is 173 Å². The van der Waals surface area contributed by atoms with Gasteiger partial charge in [0, 0.05) is 19.1 Å². The average molecular weight is 400 g/mol. The lowest BCUT2D eigenvalue weighted by atomic mass is 9.87. The summed E-state index contributed by atoms with van der Waals surface area (Å²) in [6, 6.07) is 8.20. The lowest BCUT2D eigenvalue weighted by Gasteiger charge is -2.43. The van der Waals surface area contributed by atoms with E-state index >= 15 is 0 Å². The summed E-state index contributed by atoms with van der Waals surface area (Å²) in [7, 11) is 0. The molecule has 0 radical (unpaired) electrons. The van der Waals surface area contributed by atoms with Crippen molar-refractivity contribution in [3.05, 3.63) is 35.4 Å². The quantitative estimate of drug-likeness (QED) is 0.829. The number of nitrogens with zero attached hydrogens (tertiary/aromatic N) is 2. The topological polar surface area (TPSA) is 61.9 Å². The highest BCUT2D eigenvalue weighted by Crippen LogP contribution is 2.31. The van der Waals surface area contributed by atoms with Gasteiger partial charge in [0.25, 0.3) is 0 Å². The fourth-order valence-corrected chi connectivity index (χ4v) is 4.94. The first-order valence-electron chi connectivity index (χ1n) is 10.9. The molecule has 0 spiro atoms. The normalized spacial score (nSPS) is 27.1. The second kappa shape index (κ2) is 7.98. The molecule has 4 rings (SSSR count). The molecule has 3 aliphatic rings. The zero-order valence-corrected chi connectivity index (χ0v) is 17.8. The molecular formula is C23H33N3O3. The SMILES string of the molecule is CC(C)(C)OC(=O)N1C[C@H]2CCCN2C[C@H]1C(=O)N[C@@H]1CCCc2ccccc21. The van der Waals surface area contributed by atoms with Gasteiger partial charge in [0.05, 0.1) is 6.04 Å². The first kappa shape index (κ1) is 20.2. The highest BCUT2D eigenvalue weighted by Gasteiger charge is 2.43. The van der Waals surface area contributed by atoms with Crippen molar-refractivity contribution in [1.29, 1.82) is 0 Å². The summed E-state index contributed by atoms with van der Waals surface area (Å²) < 4.78 is 5.64. The summed E-state index contributed by atoms with van der Waals surface area (Å²) in [5.41, 5.74) is 1.95. The number of piperazine rings is 1. The molecule has 1 aromatic rings. The molecule has 0 saturated carbocycles. The monoisotopic (exact) mass is 399 g/mol.